The summed E-state index contributed by atoms with van der Waals surface area (Å²) in [6.45, 7) is 0. The maximum absolute atomic E-state index is 8.88. The van der Waals surface area contributed by atoms with Crippen LogP contribution in [-0.2, 0) is 9.13 Å². The van der Waals surface area contributed by atoms with Gasteiger partial charge in [-0.25, -0.2) is 9.13 Å². The van der Waals surface area contributed by atoms with Crippen LogP contribution in [0.5, 0.6) is 0 Å². The molecule has 8 nitrogen and oxygen atoms in total. The Kier molecular flexibility index (Phi) is 48.2. The van der Waals surface area contributed by atoms with Crippen LogP contribution in [0.25, 0.3) is 0 Å². The van der Waals surface area contributed by atoms with Crippen LogP contribution in [0.1, 0.15) is 0 Å². The van der Waals surface area contributed by atoms with Crippen molar-refractivity contribution in [2.24, 2.45) is 0 Å². The van der Waals surface area contributed by atoms with Crippen molar-refractivity contribution in [2.45, 2.75) is 0 Å². The summed E-state index contributed by atoms with van der Waals surface area (Å²) in [6.07, 6.45) is 0. The van der Waals surface area contributed by atoms with E-state index < -0.39 is 15.6 Å². The molecule has 0 radical (unpaired) electrons. The van der Waals surface area contributed by atoms with E-state index in [1.165, 1.54) is 0 Å². The molecular weight excluding hydrogens is 477 g/mol. The Labute approximate surface area is 208 Å². The number of hydrogen-bond donors (Lipinski definition) is 6. The summed E-state index contributed by atoms with van der Waals surface area (Å²) in [5.74, 6) is 0. The molecule has 0 aromatic rings. The van der Waals surface area contributed by atoms with Gasteiger partial charge in [-0.15, -0.1) is 0 Å². The molecular formula is H14MgO8P2Sr3. The molecule has 6 N–H and O–H groups in total. The van der Waals surface area contributed by atoms with Crippen LogP contribution >= 0.6 is 15.6 Å². The minimum atomic E-state index is -4.64. The van der Waals surface area contributed by atoms with Gasteiger partial charge in [0, 0.05) is 0 Å². The Morgan fingerprint density at radius 3 is 0.571 bits per heavy atom. The van der Waals surface area contributed by atoms with Crippen molar-refractivity contribution in [3.05, 3.63) is 0 Å². The van der Waals surface area contributed by atoms with Gasteiger partial charge in [0.2, 0.25) is 0 Å². The standard InChI is InChI=1S/Mg.2H3O4P.3Sr.8H/c;2*1-5(2,3)4;;;;;;;;;;;/h;2*(H3,1,2,3,4);;;;;;;;;;;. The quantitative estimate of drug-likeness (QED) is 0.145. The van der Waals surface area contributed by atoms with E-state index in [1.54, 1.807) is 0 Å². The van der Waals surface area contributed by atoms with E-state index in [0.29, 0.717) is 0 Å². The van der Waals surface area contributed by atoms with Crippen LogP contribution in [0.3, 0.4) is 0 Å². The van der Waals surface area contributed by atoms with Crippen molar-refractivity contribution in [1.82, 2.24) is 0 Å². The van der Waals surface area contributed by atoms with Gasteiger partial charge < -0.3 is 29.4 Å². The third-order valence-electron chi connectivity index (χ3n) is 0. The van der Waals surface area contributed by atoms with Crippen molar-refractivity contribution < 1.29 is 38.5 Å². The molecule has 0 aromatic carbocycles. The fourth-order valence-electron chi connectivity index (χ4n) is 0. The first kappa shape index (κ1) is 36.6. The number of hydrogen-bond acceptors (Lipinski definition) is 2. The first-order valence-electron chi connectivity index (χ1n) is 1.57. The van der Waals surface area contributed by atoms with Crippen LogP contribution in [0.15, 0.2) is 0 Å². The summed E-state index contributed by atoms with van der Waals surface area (Å²) in [4.78, 5) is 43.1. The Balaban J connectivity index is -0.0000000178. The summed E-state index contributed by atoms with van der Waals surface area (Å²) in [7, 11) is -9.28. The van der Waals surface area contributed by atoms with Crippen molar-refractivity contribution >= 4 is 175 Å². The molecule has 0 aromatic heterocycles. The predicted molar refractivity (Wildman–Crippen MR) is 62.7 cm³/mol. The second kappa shape index (κ2) is 18.4. The van der Waals surface area contributed by atoms with Crippen molar-refractivity contribution in [3.63, 3.8) is 0 Å². The zero-order valence-electron chi connectivity index (χ0n) is 4.39. The van der Waals surface area contributed by atoms with Crippen molar-refractivity contribution in [3.8, 4) is 0 Å². The van der Waals surface area contributed by atoms with E-state index in [9.17, 15) is 0 Å². The molecule has 0 aliphatic heterocycles. The summed E-state index contributed by atoms with van der Waals surface area (Å²) >= 11 is 0. The molecule has 0 rings (SSSR count). The minimum absolute atomic E-state index is 0. The summed E-state index contributed by atoms with van der Waals surface area (Å²) < 4.78 is 17.8. The zero-order chi connectivity index (χ0) is 9.00. The molecule has 0 aliphatic carbocycles. The van der Waals surface area contributed by atoms with Crippen molar-refractivity contribution in [1.29, 1.82) is 0 Å². The first-order chi connectivity index (χ1) is 4.00. The van der Waals surface area contributed by atoms with E-state index in [-0.39, 0.29) is 159 Å². The molecule has 0 saturated heterocycles. The van der Waals surface area contributed by atoms with Gasteiger partial charge in [-0.3, -0.25) is 0 Å². The molecule has 80 valence electrons. The molecule has 0 spiro atoms. The molecule has 0 aliphatic rings. The van der Waals surface area contributed by atoms with Gasteiger partial charge >= 0.3 is 175 Å². The molecule has 0 atom stereocenters. The van der Waals surface area contributed by atoms with Crippen LogP contribution < -0.4 is 0 Å². The van der Waals surface area contributed by atoms with Crippen LogP contribution in [0.4, 0.5) is 0 Å². The Hall–Kier alpha value is 5.43. The van der Waals surface area contributed by atoms with Crippen LogP contribution in [0.2, 0.25) is 0 Å². The molecule has 0 unspecified atom stereocenters. The topological polar surface area (TPSA) is 156 Å². The van der Waals surface area contributed by atoms with Gasteiger partial charge in [-0.05, 0) is 0 Å². The summed E-state index contributed by atoms with van der Waals surface area (Å²) in [5, 5.41) is 0. The Morgan fingerprint density at radius 2 is 0.571 bits per heavy atom. The molecule has 0 bridgehead atoms. The third-order valence-corrected chi connectivity index (χ3v) is 0. The van der Waals surface area contributed by atoms with Gasteiger partial charge in [0.25, 0.3) is 0 Å². The second-order valence-electron chi connectivity index (χ2n) is 1.03. The van der Waals surface area contributed by atoms with Gasteiger partial charge in [0.15, 0.2) is 0 Å². The number of phosphoric acid groups is 2. The third kappa shape index (κ3) is 160. The molecule has 0 amide bonds. The van der Waals surface area contributed by atoms with E-state index in [2.05, 4.69) is 0 Å². The normalized spacial score (nSPS) is 8.43. The van der Waals surface area contributed by atoms with Gasteiger partial charge in [-0.1, -0.05) is 0 Å². The monoisotopic (exact) mass is 492 g/mol. The van der Waals surface area contributed by atoms with E-state index in [1.807, 2.05) is 0 Å². The number of rotatable bonds is 0. The van der Waals surface area contributed by atoms with Gasteiger partial charge in [-0.2, -0.15) is 0 Å². The molecule has 14 heavy (non-hydrogen) atoms. The van der Waals surface area contributed by atoms with Crippen LogP contribution in [0, 0.1) is 0 Å². The molecule has 0 heterocycles. The average molecular weight is 491 g/mol. The van der Waals surface area contributed by atoms with E-state index in [0.717, 1.165) is 0 Å². The fourth-order valence-corrected chi connectivity index (χ4v) is 0. The van der Waals surface area contributed by atoms with E-state index in [4.69, 9.17) is 38.5 Å². The van der Waals surface area contributed by atoms with Crippen molar-refractivity contribution in [2.75, 3.05) is 0 Å². The zero-order valence-corrected chi connectivity index (χ0v) is 6.18. The summed E-state index contributed by atoms with van der Waals surface area (Å²) in [6, 6.07) is 0. The second-order valence-corrected chi connectivity index (χ2v) is 3.08. The van der Waals surface area contributed by atoms with Gasteiger partial charge in [0.1, 0.15) is 0 Å². The average Bonchev–Trinajstić information content (AvgIpc) is 1.12. The Bertz CT molecular complexity index is 135. The van der Waals surface area contributed by atoms with Gasteiger partial charge in [0.05, 0.1) is 0 Å². The van der Waals surface area contributed by atoms with E-state index >= 15 is 0 Å². The molecule has 0 fully saturated rings. The molecule has 14 heteroatoms. The molecule has 0 saturated carbocycles. The first-order valence-corrected chi connectivity index (χ1v) is 4.70. The Morgan fingerprint density at radius 1 is 0.571 bits per heavy atom. The maximum atomic E-state index is 8.88. The summed E-state index contributed by atoms with van der Waals surface area (Å²) in [5.41, 5.74) is 0. The predicted octanol–water partition coefficient (Wildman–Crippen LogP) is -5.52. The fraction of sp³-hybridized carbons (Fsp3) is 0. The SMILES string of the molecule is O=P(O)(O)O.O=P(O)(O)O.[MgH2].[SrH2].[SrH2].[SrH2]. The van der Waals surface area contributed by atoms with Crippen LogP contribution in [-0.4, -0.2) is 189 Å².